The summed E-state index contributed by atoms with van der Waals surface area (Å²) in [4.78, 5) is 13.9. The molecule has 0 aromatic rings. The first-order valence-corrected chi connectivity index (χ1v) is 6.34. The molecular weight excluding hydrogens is 232 g/mol. The highest BCUT2D eigenvalue weighted by atomic mass is 16.6. The number of ether oxygens (including phenoxy) is 2. The molecule has 100 valence electrons. The zero-order valence-electron chi connectivity index (χ0n) is 11.2. The summed E-state index contributed by atoms with van der Waals surface area (Å²) in [5.74, 6) is 0.0386. The van der Waals surface area contributed by atoms with Crippen LogP contribution >= 0.6 is 0 Å². The zero-order valence-corrected chi connectivity index (χ0v) is 11.2. The number of morpholine rings is 1. The van der Waals surface area contributed by atoms with Crippen LogP contribution < -0.4 is 0 Å². The van der Waals surface area contributed by atoms with E-state index in [9.17, 15) is 4.79 Å². The van der Waals surface area contributed by atoms with Crippen molar-refractivity contribution in [3.63, 3.8) is 0 Å². The molecule has 1 saturated carbocycles. The monoisotopic (exact) mass is 252 g/mol. The molecule has 0 radical (unpaired) electrons. The average molecular weight is 252 g/mol. The topological polar surface area (TPSA) is 62.6 Å². The van der Waals surface area contributed by atoms with E-state index >= 15 is 0 Å². The van der Waals surface area contributed by atoms with Gasteiger partial charge in [-0.2, -0.15) is 5.26 Å². The molecule has 18 heavy (non-hydrogen) atoms. The molecule has 2 rings (SSSR count). The van der Waals surface area contributed by atoms with Crippen molar-refractivity contribution in [1.82, 2.24) is 4.90 Å². The predicted octanol–water partition coefficient (Wildman–Crippen LogP) is 1.93. The second kappa shape index (κ2) is 4.43. The third-order valence-electron chi connectivity index (χ3n) is 3.45. The Bertz CT molecular complexity index is 375. The fraction of sp³-hybridized carbons (Fsp3) is 0.846. The lowest BCUT2D eigenvalue weighted by Gasteiger charge is -2.54. The molecule has 2 fully saturated rings. The normalized spacial score (nSPS) is 31.7. The third kappa shape index (κ3) is 2.44. The summed E-state index contributed by atoms with van der Waals surface area (Å²) in [6.07, 6.45) is 1.10. The fourth-order valence-electron chi connectivity index (χ4n) is 2.62. The Morgan fingerprint density at radius 3 is 2.72 bits per heavy atom. The van der Waals surface area contributed by atoms with Gasteiger partial charge in [0.1, 0.15) is 5.60 Å². The van der Waals surface area contributed by atoms with Crippen molar-refractivity contribution < 1.29 is 14.3 Å². The molecule has 5 nitrogen and oxygen atoms in total. The standard InChI is InChI=1S/C13H20N2O3/c1-12(2,3)18-11(16)15-4-5-17-9-13(15)6-10(7-13)8-14/h10H,4-7,9H2,1-3H3. The molecule has 1 amide bonds. The zero-order chi connectivity index (χ0) is 13.4. The van der Waals surface area contributed by atoms with E-state index in [1.165, 1.54) is 0 Å². The summed E-state index contributed by atoms with van der Waals surface area (Å²) < 4.78 is 10.9. The Labute approximate surface area is 108 Å². The van der Waals surface area contributed by atoms with Crippen molar-refractivity contribution in [3.8, 4) is 6.07 Å². The minimum Gasteiger partial charge on any atom is -0.444 e. The van der Waals surface area contributed by atoms with E-state index < -0.39 is 5.60 Å². The van der Waals surface area contributed by atoms with Crippen LogP contribution in [0.2, 0.25) is 0 Å². The Morgan fingerprint density at radius 2 is 2.17 bits per heavy atom. The average Bonchev–Trinajstić information content (AvgIpc) is 2.23. The SMILES string of the molecule is CC(C)(C)OC(=O)N1CCOCC12CC(C#N)C2. The van der Waals surface area contributed by atoms with Crippen LogP contribution in [0.15, 0.2) is 0 Å². The van der Waals surface area contributed by atoms with Crippen LogP contribution in [-0.4, -0.2) is 41.9 Å². The van der Waals surface area contributed by atoms with Crippen LogP contribution in [0.5, 0.6) is 0 Å². The first-order valence-electron chi connectivity index (χ1n) is 6.34. The fourth-order valence-corrected chi connectivity index (χ4v) is 2.62. The van der Waals surface area contributed by atoms with Crippen molar-refractivity contribution in [3.05, 3.63) is 0 Å². The van der Waals surface area contributed by atoms with E-state index in [1.54, 1.807) is 4.90 Å². The number of carbonyl (C=O) groups is 1. The van der Waals surface area contributed by atoms with E-state index in [2.05, 4.69) is 6.07 Å². The van der Waals surface area contributed by atoms with Crippen molar-refractivity contribution in [2.75, 3.05) is 19.8 Å². The van der Waals surface area contributed by atoms with Gasteiger partial charge in [-0.15, -0.1) is 0 Å². The maximum absolute atomic E-state index is 12.2. The smallest absolute Gasteiger partial charge is 0.410 e. The lowest BCUT2D eigenvalue weighted by molar-refractivity contribution is -0.116. The largest absolute Gasteiger partial charge is 0.444 e. The van der Waals surface area contributed by atoms with Gasteiger partial charge in [-0.05, 0) is 33.6 Å². The van der Waals surface area contributed by atoms with Crippen LogP contribution in [0.3, 0.4) is 0 Å². The number of hydrogen-bond donors (Lipinski definition) is 0. The van der Waals surface area contributed by atoms with E-state index in [4.69, 9.17) is 14.7 Å². The molecule has 2 aliphatic rings. The third-order valence-corrected chi connectivity index (χ3v) is 3.45. The molecule has 1 aliphatic heterocycles. The molecule has 1 spiro atoms. The van der Waals surface area contributed by atoms with Crippen LogP contribution in [0.25, 0.3) is 0 Å². The number of nitrogens with zero attached hydrogens (tertiary/aromatic N) is 2. The van der Waals surface area contributed by atoms with Gasteiger partial charge in [0.25, 0.3) is 0 Å². The van der Waals surface area contributed by atoms with Crippen LogP contribution in [0.1, 0.15) is 33.6 Å². The van der Waals surface area contributed by atoms with Gasteiger partial charge < -0.3 is 9.47 Å². The molecule has 0 aromatic heterocycles. The first kappa shape index (κ1) is 13.2. The Morgan fingerprint density at radius 1 is 1.50 bits per heavy atom. The Kier molecular flexibility index (Phi) is 3.24. The van der Waals surface area contributed by atoms with E-state index in [0.717, 1.165) is 0 Å². The maximum atomic E-state index is 12.2. The molecule has 0 atom stereocenters. The Hall–Kier alpha value is -1.28. The molecule has 1 aliphatic carbocycles. The van der Waals surface area contributed by atoms with Gasteiger partial charge in [0.15, 0.2) is 0 Å². The van der Waals surface area contributed by atoms with Gasteiger partial charge in [-0.3, -0.25) is 4.90 Å². The van der Waals surface area contributed by atoms with E-state index in [-0.39, 0.29) is 17.6 Å². The molecule has 0 unspecified atom stereocenters. The maximum Gasteiger partial charge on any atom is 0.410 e. The minimum atomic E-state index is -0.491. The van der Waals surface area contributed by atoms with Gasteiger partial charge in [-0.25, -0.2) is 4.79 Å². The van der Waals surface area contributed by atoms with Crippen LogP contribution in [0, 0.1) is 17.2 Å². The van der Waals surface area contributed by atoms with Crippen molar-refractivity contribution in [2.24, 2.45) is 5.92 Å². The molecule has 5 heteroatoms. The predicted molar refractivity (Wildman–Crippen MR) is 64.8 cm³/mol. The second-order valence-corrected chi connectivity index (χ2v) is 6.14. The summed E-state index contributed by atoms with van der Waals surface area (Å²) in [5, 5.41) is 8.89. The number of nitriles is 1. The highest BCUT2D eigenvalue weighted by Gasteiger charge is 2.53. The summed E-state index contributed by atoms with van der Waals surface area (Å²) in [6.45, 7) is 7.18. The quantitative estimate of drug-likeness (QED) is 0.661. The summed E-state index contributed by atoms with van der Waals surface area (Å²) in [5.41, 5.74) is -0.796. The van der Waals surface area contributed by atoms with Crippen molar-refractivity contribution in [2.45, 2.75) is 44.8 Å². The van der Waals surface area contributed by atoms with Gasteiger partial charge >= 0.3 is 6.09 Å². The molecule has 1 saturated heterocycles. The van der Waals surface area contributed by atoms with Crippen LogP contribution in [0.4, 0.5) is 4.79 Å². The number of rotatable bonds is 0. The second-order valence-electron chi connectivity index (χ2n) is 6.14. The highest BCUT2D eigenvalue weighted by Crippen LogP contribution is 2.44. The van der Waals surface area contributed by atoms with Crippen LogP contribution in [-0.2, 0) is 9.47 Å². The minimum absolute atomic E-state index is 0.0386. The number of hydrogen-bond acceptors (Lipinski definition) is 4. The number of amides is 1. The van der Waals surface area contributed by atoms with Gasteiger partial charge in [0, 0.05) is 6.54 Å². The van der Waals surface area contributed by atoms with Crippen molar-refractivity contribution in [1.29, 1.82) is 5.26 Å². The lowest BCUT2D eigenvalue weighted by Crippen LogP contribution is -2.65. The van der Waals surface area contributed by atoms with E-state index in [1.807, 2.05) is 20.8 Å². The first-order chi connectivity index (χ1) is 8.36. The summed E-state index contributed by atoms with van der Waals surface area (Å²) in [7, 11) is 0. The highest BCUT2D eigenvalue weighted by molar-refractivity contribution is 5.69. The van der Waals surface area contributed by atoms with E-state index in [0.29, 0.717) is 32.6 Å². The molecule has 0 N–H and O–H groups in total. The van der Waals surface area contributed by atoms with Gasteiger partial charge in [0.2, 0.25) is 0 Å². The molecule has 0 bridgehead atoms. The molecular formula is C13H20N2O3. The van der Waals surface area contributed by atoms with Gasteiger partial charge in [-0.1, -0.05) is 0 Å². The molecule has 1 heterocycles. The molecule has 0 aromatic carbocycles. The van der Waals surface area contributed by atoms with Gasteiger partial charge in [0.05, 0.1) is 30.7 Å². The summed E-state index contributed by atoms with van der Waals surface area (Å²) in [6, 6.07) is 2.25. The summed E-state index contributed by atoms with van der Waals surface area (Å²) >= 11 is 0. The Balaban J connectivity index is 2.06. The number of carbonyl (C=O) groups excluding carboxylic acids is 1. The van der Waals surface area contributed by atoms with Crippen molar-refractivity contribution >= 4 is 6.09 Å². The lowest BCUT2D eigenvalue weighted by atomic mass is 9.68.